The molecule has 0 spiro atoms. The summed E-state index contributed by atoms with van der Waals surface area (Å²) < 4.78 is 0. The maximum Gasteiger partial charge on any atom is 0.191 e. The lowest BCUT2D eigenvalue weighted by molar-refractivity contribution is 0.302. The van der Waals surface area contributed by atoms with E-state index in [9.17, 15) is 0 Å². The third kappa shape index (κ3) is 6.81. The van der Waals surface area contributed by atoms with Gasteiger partial charge in [0.2, 0.25) is 0 Å². The van der Waals surface area contributed by atoms with E-state index in [0.29, 0.717) is 12.0 Å². The second-order valence-corrected chi connectivity index (χ2v) is 6.42. The molecule has 0 unspecified atom stereocenters. The molecule has 1 rings (SSSR count). The summed E-state index contributed by atoms with van der Waals surface area (Å²) in [6.07, 6.45) is 6.41. The third-order valence-corrected chi connectivity index (χ3v) is 3.62. The van der Waals surface area contributed by atoms with Crippen LogP contribution in [0.2, 0.25) is 0 Å². The predicted octanol–water partition coefficient (Wildman–Crippen LogP) is 2.15. The maximum absolute atomic E-state index is 6.24. The molecule has 4 heteroatoms. The van der Waals surface area contributed by atoms with Gasteiger partial charge in [-0.1, -0.05) is 33.1 Å². The fourth-order valence-corrected chi connectivity index (χ4v) is 2.54. The minimum absolute atomic E-state index is 0.461. The van der Waals surface area contributed by atoms with Crippen LogP contribution in [-0.4, -0.2) is 55.5 Å². The highest BCUT2D eigenvalue weighted by molar-refractivity contribution is 5.78. The molecule has 0 aromatic carbocycles. The topological polar surface area (TPSA) is 44.9 Å². The lowest BCUT2D eigenvalue weighted by Gasteiger charge is -2.28. The third-order valence-electron chi connectivity index (χ3n) is 3.62. The monoisotopic (exact) mass is 268 g/mol. The van der Waals surface area contributed by atoms with Gasteiger partial charge in [-0.25, -0.2) is 4.99 Å². The van der Waals surface area contributed by atoms with Crippen molar-refractivity contribution < 1.29 is 0 Å². The van der Waals surface area contributed by atoms with E-state index in [1.54, 1.807) is 0 Å². The fraction of sp³-hybridized carbons (Fsp3) is 0.933. The van der Waals surface area contributed by atoms with Gasteiger partial charge in [0, 0.05) is 19.6 Å². The molecule has 0 saturated heterocycles. The highest BCUT2D eigenvalue weighted by Crippen LogP contribution is 2.20. The number of nitrogens with two attached hydrogens (primary N) is 1. The number of aliphatic imine (C=N–C) groups is 1. The Balaban J connectivity index is 2.57. The molecule has 1 aliphatic rings. The Morgan fingerprint density at radius 1 is 1.16 bits per heavy atom. The number of rotatable bonds is 6. The van der Waals surface area contributed by atoms with E-state index in [-0.39, 0.29) is 0 Å². The molecular formula is C15H32N4. The van der Waals surface area contributed by atoms with E-state index in [1.807, 2.05) is 0 Å². The first-order valence-electron chi connectivity index (χ1n) is 7.72. The van der Waals surface area contributed by atoms with E-state index >= 15 is 0 Å². The Morgan fingerprint density at radius 2 is 1.79 bits per heavy atom. The summed E-state index contributed by atoms with van der Waals surface area (Å²) in [6, 6.07) is 0.461. The van der Waals surface area contributed by atoms with E-state index in [4.69, 9.17) is 10.7 Å². The molecule has 0 aromatic heterocycles. The molecule has 0 radical (unpaired) electrons. The van der Waals surface area contributed by atoms with Crippen molar-refractivity contribution in [1.82, 2.24) is 9.80 Å². The molecule has 0 heterocycles. The van der Waals surface area contributed by atoms with Gasteiger partial charge in [-0.15, -0.1) is 0 Å². The first-order valence-corrected chi connectivity index (χ1v) is 7.72. The molecule has 2 N–H and O–H groups in total. The summed E-state index contributed by atoms with van der Waals surface area (Å²) in [5, 5.41) is 0. The zero-order valence-corrected chi connectivity index (χ0v) is 13.2. The van der Waals surface area contributed by atoms with Crippen molar-refractivity contribution in [3.8, 4) is 0 Å². The molecule has 19 heavy (non-hydrogen) atoms. The SMILES string of the molecule is CC(C)CN(CCN(C)C)C(N)=NC1CCCCC1. The van der Waals surface area contributed by atoms with Crippen LogP contribution in [0.4, 0.5) is 0 Å². The normalized spacial score (nSPS) is 18.3. The Hall–Kier alpha value is -0.770. The number of guanidine groups is 1. The standard InChI is InChI=1S/C15H32N4/c1-13(2)12-19(11-10-18(3)4)15(16)17-14-8-6-5-7-9-14/h13-14H,5-12H2,1-4H3,(H2,16,17). The summed E-state index contributed by atoms with van der Waals surface area (Å²) in [6.45, 7) is 7.45. The summed E-state index contributed by atoms with van der Waals surface area (Å²) in [5.41, 5.74) is 6.24. The number of likely N-dealkylation sites (N-methyl/N-ethyl adjacent to an activating group) is 1. The van der Waals surface area contributed by atoms with Crippen molar-refractivity contribution in [2.75, 3.05) is 33.7 Å². The molecule has 1 saturated carbocycles. The fourth-order valence-electron chi connectivity index (χ4n) is 2.54. The van der Waals surface area contributed by atoms with Crippen LogP contribution in [0.5, 0.6) is 0 Å². The Morgan fingerprint density at radius 3 is 2.32 bits per heavy atom. The molecule has 4 nitrogen and oxygen atoms in total. The van der Waals surface area contributed by atoms with Crippen molar-refractivity contribution in [3.63, 3.8) is 0 Å². The van der Waals surface area contributed by atoms with Crippen molar-refractivity contribution in [3.05, 3.63) is 0 Å². The average Bonchev–Trinajstić information content (AvgIpc) is 2.35. The summed E-state index contributed by atoms with van der Waals surface area (Å²) in [4.78, 5) is 9.21. The van der Waals surface area contributed by atoms with Gasteiger partial charge < -0.3 is 15.5 Å². The van der Waals surface area contributed by atoms with Gasteiger partial charge in [-0.3, -0.25) is 0 Å². The highest BCUT2D eigenvalue weighted by atomic mass is 15.3. The van der Waals surface area contributed by atoms with Crippen LogP contribution >= 0.6 is 0 Å². The van der Waals surface area contributed by atoms with E-state index in [2.05, 4.69) is 37.7 Å². The molecule has 0 amide bonds. The number of hydrogen-bond donors (Lipinski definition) is 1. The zero-order chi connectivity index (χ0) is 14.3. The molecule has 0 aromatic rings. The van der Waals surface area contributed by atoms with Gasteiger partial charge in [0.1, 0.15) is 0 Å². The van der Waals surface area contributed by atoms with Crippen molar-refractivity contribution >= 4 is 5.96 Å². The van der Waals surface area contributed by atoms with Crippen molar-refractivity contribution in [2.45, 2.75) is 52.0 Å². The summed E-state index contributed by atoms with van der Waals surface area (Å²) in [5.74, 6) is 1.37. The number of hydrogen-bond acceptors (Lipinski definition) is 2. The van der Waals surface area contributed by atoms with Crippen molar-refractivity contribution in [2.24, 2.45) is 16.6 Å². The predicted molar refractivity (Wildman–Crippen MR) is 83.5 cm³/mol. The second kappa shape index (κ2) is 8.41. The minimum atomic E-state index is 0.461. The molecule has 0 aliphatic heterocycles. The van der Waals surface area contributed by atoms with Crippen LogP contribution in [0.25, 0.3) is 0 Å². The van der Waals surface area contributed by atoms with Gasteiger partial charge in [0.25, 0.3) is 0 Å². The molecule has 1 fully saturated rings. The molecule has 0 bridgehead atoms. The second-order valence-electron chi connectivity index (χ2n) is 6.42. The summed E-state index contributed by atoms with van der Waals surface area (Å²) >= 11 is 0. The van der Waals surface area contributed by atoms with E-state index < -0.39 is 0 Å². The largest absolute Gasteiger partial charge is 0.370 e. The zero-order valence-electron chi connectivity index (χ0n) is 13.2. The van der Waals surface area contributed by atoms with Crippen LogP contribution in [0.1, 0.15) is 46.0 Å². The smallest absolute Gasteiger partial charge is 0.191 e. The first kappa shape index (κ1) is 16.3. The van der Waals surface area contributed by atoms with Gasteiger partial charge >= 0.3 is 0 Å². The van der Waals surface area contributed by atoms with E-state index in [0.717, 1.165) is 25.6 Å². The Kier molecular flexibility index (Phi) is 7.21. The van der Waals surface area contributed by atoms with E-state index in [1.165, 1.54) is 32.1 Å². The van der Waals surface area contributed by atoms with Crippen LogP contribution in [-0.2, 0) is 0 Å². The summed E-state index contributed by atoms with van der Waals surface area (Å²) in [7, 11) is 4.20. The molecule has 0 atom stereocenters. The van der Waals surface area contributed by atoms with Crippen molar-refractivity contribution in [1.29, 1.82) is 0 Å². The maximum atomic E-state index is 6.24. The lowest BCUT2D eigenvalue weighted by atomic mass is 9.96. The van der Waals surface area contributed by atoms with Crippen LogP contribution < -0.4 is 5.73 Å². The Bertz CT molecular complexity index is 267. The molecule has 112 valence electrons. The first-order chi connectivity index (χ1) is 8.99. The molecule has 1 aliphatic carbocycles. The van der Waals surface area contributed by atoms with Gasteiger partial charge in [0.05, 0.1) is 6.04 Å². The van der Waals surface area contributed by atoms with Gasteiger partial charge in [-0.05, 0) is 32.9 Å². The highest BCUT2D eigenvalue weighted by Gasteiger charge is 2.15. The average molecular weight is 268 g/mol. The number of nitrogens with zero attached hydrogens (tertiary/aromatic N) is 3. The van der Waals surface area contributed by atoms with Crippen LogP contribution in [0.3, 0.4) is 0 Å². The van der Waals surface area contributed by atoms with Crippen LogP contribution in [0, 0.1) is 5.92 Å². The van der Waals surface area contributed by atoms with Gasteiger partial charge in [0.15, 0.2) is 5.96 Å². The lowest BCUT2D eigenvalue weighted by Crippen LogP contribution is -2.44. The molecular weight excluding hydrogens is 236 g/mol. The quantitative estimate of drug-likeness (QED) is 0.593. The van der Waals surface area contributed by atoms with Crippen LogP contribution in [0.15, 0.2) is 4.99 Å². The Labute approximate surface area is 119 Å². The van der Waals surface area contributed by atoms with Gasteiger partial charge in [-0.2, -0.15) is 0 Å². The minimum Gasteiger partial charge on any atom is -0.370 e.